The van der Waals surface area contributed by atoms with Crippen LogP contribution < -0.4 is 10.9 Å². The molecule has 0 aliphatic carbocycles. The molecule has 0 radical (unpaired) electrons. The number of ether oxygens (including phenoxy) is 2. The third-order valence-electron chi connectivity index (χ3n) is 7.70. The van der Waals surface area contributed by atoms with Gasteiger partial charge in [0.2, 0.25) is 0 Å². The maximum Gasteiger partial charge on any atom is 0.417 e. The third-order valence-corrected chi connectivity index (χ3v) is 7.70. The van der Waals surface area contributed by atoms with Crippen molar-refractivity contribution < 1.29 is 32.2 Å². The van der Waals surface area contributed by atoms with Gasteiger partial charge < -0.3 is 14.8 Å². The van der Waals surface area contributed by atoms with Crippen LogP contribution in [0.1, 0.15) is 55.1 Å². The number of pyridine rings is 1. The van der Waals surface area contributed by atoms with E-state index in [-0.39, 0.29) is 17.8 Å². The molecule has 50 heavy (non-hydrogen) atoms. The normalized spacial score (nSPS) is 11.8. The number of hydrogen-bond donors (Lipinski definition) is 1. The lowest BCUT2D eigenvalue weighted by atomic mass is 10.0. The number of carbonyl (C=O) groups is 2. The van der Waals surface area contributed by atoms with Crippen molar-refractivity contribution in [3.8, 4) is 22.4 Å². The maximum atomic E-state index is 13.7. The molecule has 0 spiro atoms. The van der Waals surface area contributed by atoms with Crippen molar-refractivity contribution in [3.63, 3.8) is 0 Å². The fraction of sp³-hybridized carbons (Fsp3) is 0.333. The number of halogens is 3. The summed E-state index contributed by atoms with van der Waals surface area (Å²) < 4.78 is 54.0. The molecule has 0 unspecified atom stereocenters. The minimum atomic E-state index is -4.80. The molecule has 0 fully saturated rings. The Bertz CT molecular complexity index is 2070. The van der Waals surface area contributed by atoms with Gasteiger partial charge in [-0.25, -0.2) is 14.3 Å². The SMILES string of the molecule is COC(=O)c1ccc(-c2ccc(=O)n(CCc3ccc4ncc(-c5cnn(CCCCNC(=O)OC(C)(C)C)c5)cc4c3)n2)cc1C(F)(F)F. The van der Waals surface area contributed by atoms with Gasteiger partial charge in [-0.1, -0.05) is 12.1 Å². The Morgan fingerprint density at radius 2 is 1.70 bits per heavy atom. The van der Waals surface area contributed by atoms with Gasteiger partial charge >= 0.3 is 18.2 Å². The van der Waals surface area contributed by atoms with Gasteiger partial charge in [-0.15, -0.1) is 0 Å². The highest BCUT2D eigenvalue weighted by molar-refractivity contribution is 5.92. The predicted octanol–water partition coefficient (Wildman–Crippen LogP) is 6.68. The van der Waals surface area contributed by atoms with Crippen molar-refractivity contribution in [2.45, 2.75) is 64.9 Å². The van der Waals surface area contributed by atoms with Crippen LogP contribution in [0.5, 0.6) is 0 Å². The number of methoxy groups -OCH3 is 1. The Balaban J connectivity index is 1.24. The average Bonchev–Trinajstić information content (AvgIpc) is 3.54. The monoisotopic (exact) mass is 690 g/mol. The molecule has 0 saturated heterocycles. The molecule has 11 nitrogen and oxygen atoms in total. The highest BCUT2D eigenvalue weighted by Crippen LogP contribution is 2.35. The number of aryl methyl sites for hydroxylation is 3. The van der Waals surface area contributed by atoms with Crippen molar-refractivity contribution in [1.82, 2.24) is 29.9 Å². The number of nitrogens with zero attached hydrogens (tertiary/aromatic N) is 5. The van der Waals surface area contributed by atoms with Gasteiger partial charge in [-0.3, -0.25) is 14.5 Å². The number of alkyl halides is 3. The summed E-state index contributed by atoms with van der Waals surface area (Å²) >= 11 is 0. The number of unbranched alkanes of at least 4 members (excludes halogenated alkanes) is 1. The summed E-state index contributed by atoms with van der Waals surface area (Å²) in [7, 11) is 1.01. The van der Waals surface area contributed by atoms with Gasteiger partial charge in [-0.2, -0.15) is 23.4 Å². The molecule has 0 bridgehead atoms. The Morgan fingerprint density at radius 1 is 0.900 bits per heavy atom. The standard InChI is InChI=1S/C36H37F3N6O5/c1-35(2,3)50-34(48)40-14-5-6-15-44-22-27(21-42-44)26-18-25-17-23(7-10-30(25)41-20-26)13-16-45-32(46)12-11-31(43-45)24-8-9-28(33(47)49-4)29(19-24)36(37,38)39/h7-12,17-22H,5-6,13-16H2,1-4H3,(H,40,48). The number of alkyl carbamates (subject to hydrolysis) is 1. The average molecular weight is 691 g/mol. The number of rotatable bonds is 11. The van der Waals surface area contributed by atoms with E-state index in [0.717, 1.165) is 59.7 Å². The molecule has 2 aromatic carbocycles. The number of esters is 1. The molecular weight excluding hydrogens is 653 g/mol. The number of benzene rings is 2. The quantitative estimate of drug-likeness (QED) is 0.120. The first-order valence-electron chi connectivity index (χ1n) is 16.0. The van der Waals surface area contributed by atoms with Crippen molar-refractivity contribution in [2.24, 2.45) is 0 Å². The second-order valence-electron chi connectivity index (χ2n) is 12.7. The van der Waals surface area contributed by atoms with Crippen LogP contribution in [0.15, 0.2) is 78.0 Å². The zero-order valence-electron chi connectivity index (χ0n) is 28.1. The second-order valence-corrected chi connectivity index (χ2v) is 12.7. The summed E-state index contributed by atoms with van der Waals surface area (Å²) in [6.07, 6.45) is 2.27. The molecule has 5 aromatic rings. The van der Waals surface area contributed by atoms with Crippen LogP contribution in [-0.2, 0) is 35.2 Å². The fourth-order valence-electron chi connectivity index (χ4n) is 5.26. The van der Waals surface area contributed by atoms with Gasteiger partial charge in [0.1, 0.15) is 5.60 Å². The number of nitrogens with one attached hydrogen (secondary N) is 1. The highest BCUT2D eigenvalue weighted by Gasteiger charge is 2.36. The van der Waals surface area contributed by atoms with Crippen LogP contribution in [0.25, 0.3) is 33.3 Å². The number of amides is 1. The smallest absolute Gasteiger partial charge is 0.417 e. The van der Waals surface area contributed by atoms with Crippen LogP contribution in [0.4, 0.5) is 18.0 Å². The molecule has 14 heteroatoms. The van der Waals surface area contributed by atoms with E-state index in [0.29, 0.717) is 19.5 Å². The van der Waals surface area contributed by atoms with Crippen LogP contribution in [0.3, 0.4) is 0 Å². The van der Waals surface area contributed by atoms with Gasteiger partial charge in [0, 0.05) is 60.2 Å². The molecule has 0 atom stereocenters. The van der Waals surface area contributed by atoms with E-state index in [1.165, 1.54) is 22.9 Å². The Kier molecular flexibility index (Phi) is 10.7. The minimum absolute atomic E-state index is 0.0987. The lowest BCUT2D eigenvalue weighted by Crippen LogP contribution is -2.33. The molecule has 1 amide bonds. The molecule has 262 valence electrons. The predicted molar refractivity (Wildman–Crippen MR) is 180 cm³/mol. The molecule has 3 heterocycles. The van der Waals surface area contributed by atoms with Crippen molar-refractivity contribution in [3.05, 3.63) is 100 Å². The van der Waals surface area contributed by atoms with Crippen molar-refractivity contribution >= 4 is 23.0 Å². The zero-order chi connectivity index (χ0) is 36.1. The first-order chi connectivity index (χ1) is 23.7. The van der Waals surface area contributed by atoms with E-state index < -0.39 is 40.5 Å². The van der Waals surface area contributed by atoms with E-state index in [4.69, 9.17) is 4.74 Å². The fourth-order valence-corrected chi connectivity index (χ4v) is 5.26. The van der Waals surface area contributed by atoms with E-state index in [1.807, 2.05) is 55.9 Å². The van der Waals surface area contributed by atoms with Gasteiger partial charge in [0.05, 0.1) is 35.6 Å². The lowest BCUT2D eigenvalue weighted by Gasteiger charge is -2.19. The van der Waals surface area contributed by atoms with Crippen LogP contribution in [-0.4, -0.2) is 55.9 Å². The maximum absolute atomic E-state index is 13.7. The Morgan fingerprint density at radius 3 is 2.44 bits per heavy atom. The second kappa shape index (κ2) is 14.9. The number of carbonyl (C=O) groups excluding carboxylic acids is 2. The van der Waals surface area contributed by atoms with E-state index in [2.05, 4.69) is 25.2 Å². The Labute approximate surface area is 286 Å². The molecule has 0 saturated carbocycles. The molecule has 5 rings (SSSR count). The van der Waals surface area contributed by atoms with Crippen LogP contribution >= 0.6 is 0 Å². The summed E-state index contributed by atoms with van der Waals surface area (Å²) in [6, 6.07) is 13.6. The molecule has 3 aromatic heterocycles. The summed E-state index contributed by atoms with van der Waals surface area (Å²) in [5.41, 5.74) is 1.03. The molecule has 0 aliphatic heterocycles. The van der Waals surface area contributed by atoms with E-state index in [9.17, 15) is 27.6 Å². The highest BCUT2D eigenvalue weighted by atomic mass is 19.4. The largest absolute Gasteiger partial charge is 0.465 e. The van der Waals surface area contributed by atoms with Gasteiger partial charge in [0.15, 0.2) is 0 Å². The summed E-state index contributed by atoms with van der Waals surface area (Å²) in [5, 5.41) is 12.4. The Hall–Kier alpha value is -5.53. The molecule has 0 aliphatic rings. The van der Waals surface area contributed by atoms with Gasteiger partial charge in [0.25, 0.3) is 5.56 Å². The van der Waals surface area contributed by atoms with Crippen LogP contribution in [0.2, 0.25) is 0 Å². The number of aromatic nitrogens is 5. The topological polar surface area (TPSA) is 130 Å². The van der Waals surface area contributed by atoms with E-state index in [1.54, 1.807) is 12.4 Å². The number of hydrogen-bond acceptors (Lipinski definition) is 8. The number of fused-ring (bicyclic) bond motifs is 1. The summed E-state index contributed by atoms with van der Waals surface area (Å²) in [4.78, 5) is 40.9. The summed E-state index contributed by atoms with van der Waals surface area (Å²) in [5.74, 6) is -1.10. The lowest BCUT2D eigenvalue weighted by molar-refractivity contribution is -0.138. The summed E-state index contributed by atoms with van der Waals surface area (Å²) in [6.45, 7) is 6.81. The van der Waals surface area contributed by atoms with E-state index >= 15 is 0 Å². The zero-order valence-corrected chi connectivity index (χ0v) is 28.1. The minimum Gasteiger partial charge on any atom is -0.465 e. The first kappa shape index (κ1) is 35.8. The molecule has 1 N–H and O–H groups in total. The van der Waals surface area contributed by atoms with Crippen molar-refractivity contribution in [1.29, 1.82) is 0 Å². The molecular formula is C36H37F3N6O5. The third kappa shape index (κ3) is 9.12. The van der Waals surface area contributed by atoms with Crippen LogP contribution in [0, 0.1) is 0 Å². The van der Waals surface area contributed by atoms with Gasteiger partial charge in [-0.05, 0) is 82.0 Å². The van der Waals surface area contributed by atoms with Crippen molar-refractivity contribution in [2.75, 3.05) is 13.7 Å². The first-order valence-corrected chi connectivity index (χ1v) is 16.0.